The highest BCUT2D eigenvalue weighted by atomic mass is 35.5. The Morgan fingerprint density at radius 3 is 2.85 bits per heavy atom. The van der Waals surface area contributed by atoms with Crippen molar-refractivity contribution in [2.75, 3.05) is 11.9 Å². The number of anilines is 1. The summed E-state index contributed by atoms with van der Waals surface area (Å²) in [7, 11) is 0. The second kappa shape index (κ2) is 8.29. The van der Waals surface area contributed by atoms with Gasteiger partial charge in [0, 0.05) is 41.6 Å². The molecule has 7 heteroatoms. The molecular weight excluding hydrogens is 350 g/mol. The van der Waals surface area contributed by atoms with Crippen molar-refractivity contribution in [3.05, 3.63) is 59.0 Å². The minimum absolute atomic E-state index is 0.265. The van der Waals surface area contributed by atoms with E-state index in [0.29, 0.717) is 16.5 Å². The van der Waals surface area contributed by atoms with Crippen LogP contribution in [0.1, 0.15) is 30.7 Å². The maximum Gasteiger partial charge on any atom is 0.223 e. The number of hydrogen-bond acceptors (Lipinski definition) is 5. The summed E-state index contributed by atoms with van der Waals surface area (Å²) in [4.78, 5) is 8.78. The van der Waals surface area contributed by atoms with Crippen molar-refractivity contribution in [3.63, 3.8) is 0 Å². The van der Waals surface area contributed by atoms with Crippen LogP contribution in [0.15, 0.2) is 42.7 Å². The zero-order chi connectivity index (χ0) is 18.5. The number of benzene rings is 1. The number of aromatic nitrogens is 4. The molecule has 0 aliphatic rings. The smallest absolute Gasteiger partial charge is 0.223 e. The number of aliphatic hydroxyl groups excluding tert-OH is 1. The first-order chi connectivity index (χ1) is 12.6. The Morgan fingerprint density at radius 1 is 1.27 bits per heavy atom. The summed E-state index contributed by atoms with van der Waals surface area (Å²) in [5.74, 6) is 0.455. The minimum Gasteiger partial charge on any atom is -0.387 e. The van der Waals surface area contributed by atoms with Gasteiger partial charge >= 0.3 is 0 Å². The Morgan fingerprint density at radius 2 is 2.08 bits per heavy atom. The average Bonchev–Trinajstić information content (AvgIpc) is 3.01. The largest absolute Gasteiger partial charge is 0.387 e. The molecule has 2 N–H and O–H groups in total. The number of rotatable bonds is 7. The summed E-state index contributed by atoms with van der Waals surface area (Å²) < 4.78 is 1.93. The Kier molecular flexibility index (Phi) is 5.85. The van der Waals surface area contributed by atoms with E-state index < -0.39 is 6.10 Å². The molecule has 0 saturated carbocycles. The molecule has 3 aromatic rings. The molecule has 0 bridgehead atoms. The zero-order valence-corrected chi connectivity index (χ0v) is 15.6. The number of nitrogens with zero attached hydrogens (tertiary/aromatic N) is 4. The molecular formula is C19H22ClN5O. The van der Waals surface area contributed by atoms with E-state index >= 15 is 0 Å². The Hall–Kier alpha value is -2.44. The minimum atomic E-state index is -0.745. The quantitative estimate of drug-likeness (QED) is 0.659. The second-order valence-corrected chi connectivity index (χ2v) is 6.48. The van der Waals surface area contributed by atoms with Crippen molar-refractivity contribution in [3.8, 4) is 11.3 Å². The Labute approximate surface area is 157 Å². The van der Waals surface area contributed by atoms with Gasteiger partial charge in [0.15, 0.2) is 0 Å². The summed E-state index contributed by atoms with van der Waals surface area (Å²) in [6.07, 6.45) is 3.98. The third-order valence-corrected chi connectivity index (χ3v) is 4.39. The molecule has 1 aromatic carbocycles. The third-order valence-electron chi connectivity index (χ3n) is 4.05. The van der Waals surface area contributed by atoms with E-state index in [1.165, 1.54) is 0 Å². The molecule has 3 rings (SSSR count). The number of aliphatic hydroxyl groups is 1. The molecule has 0 unspecified atom stereocenters. The van der Waals surface area contributed by atoms with Crippen LogP contribution in [-0.4, -0.2) is 31.4 Å². The second-order valence-electron chi connectivity index (χ2n) is 6.07. The molecule has 0 amide bonds. The first-order valence-corrected chi connectivity index (χ1v) is 9.00. The van der Waals surface area contributed by atoms with Gasteiger partial charge in [0.1, 0.15) is 0 Å². The van der Waals surface area contributed by atoms with Gasteiger partial charge in [0.05, 0.1) is 17.5 Å². The van der Waals surface area contributed by atoms with Crippen molar-refractivity contribution in [2.24, 2.45) is 0 Å². The average molecular weight is 372 g/mol. The molecule has 2 heterocycles. The predicted molar refractivity (Wildman–Crippen MR) is 103 cm³/mol. The SMILES string of the molecule is CCCn1cc(-c2ccnc(NC[C@H](O)c3ccccc3Cl)n2)c(C)n1. The molecule has 0 aliphatic heterocycles. The highest BCUT2D eigenvalue weighted by molar-refractivity contribution is 6.31. The van der Waals surface area contributed by atoms with Gasteiger partial charge in [-0.2, -0.15) is 5.10 Å². The van der Waals surface area contributed by atoms with E-state index in [-0.39, 0.29) is 6.54 Å². The highest BCUT2D eigenvalue weighted by Crippen LogP contribution is 2.24. The van der Waals surface area contributed by atoms with Crippen LogP contribution in [0.4, 0.5) is 5.95 Å². The van der Waals surface area contributed by atoms with Crippen LogP contribution in [-0.2, 0) is 6.54 Å². The molecule has 2 aromatic heterocycles. The normalized spacial score (nSPS) is 12.2. The summed E-state index contributed by atoms with van der Waals surface area (Å²) in [6, 6.07) is 9.10. The molecule has 0 aliphatic carbocycles. The van der Waals surface area contributed by atoms with Crippen LogP contribution in [0.3, 0.4) is 0 Å². The van der Waals surface area contributed by atoms with Crippen molar-refractivity contribution in [1.82, 2.24) is 19.7 Å². The lowest BCUT2D eigenvalue weighted by molar-refractivity contribution is 0.191. The lowest BCUT2D eigenvalue weighted by Crippen LogP contribution is -2.14. The van der Waals surface area contributed by atoms with Gasteiger partial charge in [-0.25, -0.2) is 9.97 Å². The molecule has 136 valence electrons. The molecule has 0 fully saturated rings. The standard InChI is InChI=1S/C19H22ClN5O/c1-3-10-25-12-15(13(2)24-25)17-8-9-21-19(23-17)22-11-18(26)14-6-4-5-7-16(14)20/h4-9,12,18,26H,3,10-11H2,1-2H3,(H,21,22,23)/t18-/m0/s1. The molecule has 0 spiro atoms. The first-order valence-electron chi connectivity index (χ1n) is 8.62. The molecule has 1 atom stereocenters. The predicted octanol–water partition coefficient (Wildman–Crippen LogP) is 3.86. The van der Waals surface area contributed by atoms with E-state index in [2.05, 4.69) is 27.3 Å². The molecule has 0 saturated heterocycles. The Bertz CT molecular complexity index is 880. The fourth-order valence-corrected chi connectivity index (χ4v) is 3.01. The van der Waals surface area contributed by atoms with Crippen molar-refractivity contribution >= 4 is 17.5 Å². The van der Waals surface area contributed by atoms with E-state index in [1.807, 2.05) is 36.0 Å². The fourth-order valence-electron chi connectivity index (χ4n) is 2.75. The molecule has 0 radical (unpaired) electrons. The van der Waals surface area contributed by atoms with Crippen molar-refractivity contribution in [2.45, 2.75) is 32.9 Å². The number of aryl methyl sites for hydroxylation is 2. The third kappa shape index (κ3) is 4.20. The molecule has 6 nitrogen and oxygen atoms in total. The number of halogens is 1. The van der Waals surface area contributed by atoms with Gasteiger partial charge in [-0.15, -0.1) is 0 Å². The zero-order valence-electron chi connectivity index (χ0n) is 14.9. The summed E-state index contributed by atoms with van der Waals surface area (Å²) in [6.45, 7) is 5.23. The van der Waals surface area contributed by atoms with E-state index in [0.717, 1.165) is 29.9 Å². The van der Waals surface area contributed by atoms with Crippen molar-refractivity contribution < 1.29 is 5.11 Å². The maximum atomic E-state index is 10.3. The van der Waals surface area contributed by atoms with Gasteiger partial charge in [-0.05, 0) is 25.5 Å². The van der Waals surface area contributed by atoms with Crippen LogP contribution < -0.4 is 5.32 Å². The van der Waals surface area contributed by atoms with E-state index in [9.17, 15) is 5.11 Å². The number of nitrogens with one attached hydrogen (secondary N) is 1. The fraction of sp³-hybridized carbons (Fsp3) is 0.316. The lowest BCUT2D eigenvalue weighted by Gasteiger charge is -2.13. The van der Waals surface area contributed by atoms with Crippen LogP contribution >= 0.6 is 11.6 Å². The van der Waals surface area contributed by atoms with Gasteiger partial charge in [-0.1, -0.05) is 36.7 Å². The van der Waals surface area contributed by atoms with Crippen LogP contribution in [0, 0.1) is 6.92 Å². The van der Waals surface area contributed by atoms with Gasteiger partial charge in [-0.3, -0.25) is 4.68 Å². The summed E-state index contributed by atoms with van der Waals surface area (Å²) in [5.41, 5.74) is 3.39. The molecule has 26 heavy (non-hydrogen) atoms. The topological polar surface area (TPSA) is 75.9 Å². The monoisotopic (exact) mass is 371 g/mol. The summed E-state index contributed by atoms with van der Waals surface area (Å²) in [5, 5.41) is 18.5. The van der Waals surface area contributed by atoms with Crippen LogP contribution in [0.2, 0.25) is 5.02 Å². The van der Waals surface area contributed by atoms with Gasteiger partial charge in [0.2, 0.25) is 5.95 Å². The first kappa shape index (κ1) is 18.4. The van der Waals surface area contributed by atoms with Crippen molar-refractivity contribution in [1.29, 1.82) is 0 Å². The van der Waals surface area contributed by atoms with Crippen LogP contribution in [0.5, 0.6) is 0 Å². The van der Waals surface area contributed by atoms with E-state index in [1.54, 1.807) is 18.3 Å². The number of hydrogen-bond donors (Lipinski definition) is 2. The van der Waals surface area contributed by atoms with Gasteiger partial charge in [0.25, 0.3) is 0 Å². The summed E-state index contributed by atoms with van der Waals surface area (Å²) >= 11 is 6.12. The van der Waals surface area contributed by atoms with Gasteiger partial charge < -0.3 is 10.4 Å². The Balaban J connectivity index is 1.73. The van der Waals surface area contributed by atoms with E-state index in [4.69, 9.17) is 11.6 Å². The highest BCUT2D eigenvalue weighted by Gasteiger charge is 2.13. The maximum absolute atomic E-state index is 10.3. The van der Waals surface area contributed by atoms with Crippen LogP contribution in [0.25, 0.3) is 11.3 Å². The lowest BCUT2D eigenvalue weighted by atomic mass is 10.1.